The minimum absolute atomic E-state index is 0.0219. The summed E-state index contributed by atoms with van der Waals surface area (Å²) in [5.74, 6) is 1.35. The molecule has 4 nitrogen and oxygen atoms in total. The molecule has 0 aromatic heterocycles. The first-order valence-corrected chi connectivity index (χ1v) is 13.2. The van der Waals surface area contributed by atoms with Crippen molar-refractivity contribution in [2.45, 2.75) is 30.6 Å². The van der Waals surface area contributed by atoms with Gasteiger partial charge in [0.05, 0.1) is 11.5 Å². The zero-order valence-electron chi connectivity index (χ0n) is 19.8. The lowest BCUT2D eigenvalue weighted by atomic mass is 9.72. The molecule has 0 spiro atoms. The Morgan fingerprint density at radius 1 is 0.771 bits per heavy atom. The third-order valence-corrected chi connectivity index (χ3v) is 8.14. The SMILES string of the molecule is Cc1ccc(S(=O)(=O)OC[C@@H](C2c3ccccc3Oc3ccccc32)[C@@H](C)c2ccccc2)cc1. The van der Waals surface area contributed by atoms with E-state index in [1.165, 1.54) is 0 Å². The van der Waals surface area contributed by atoms with Gasteiger partial charge in [0.2, 0.25) is 0 Å². The highest BCUT2D eigenvalue weighted by Gasteiger charge is 2.37. The smallest absolute Gasteiger partial charge is 0.296 e. The molecule has 4 aromatic carbocycles. The summed E-state index contributed by atoms with van der Waals surface area (Å²) in [6.07, 6.45) is 0. The fourth-order valence-corrected chi connectivity index (χ4v) is 5.82. The second-order valence-corrected chi connectivity index (χ2v) is 10.7. The molecule has 2 atom stereocenters. The topological polar surface area (TPSA) is 52.6 Å². The van der Waals surface area contributed by atoms with Gasteiger partial charge in [-0.3, -0.25) is 4.18 Å². The molecule has 0 saturated carbocycles. The molecule has 178 valence electrons. The Balaban J connectivity index is 1.57. The first-order valence-electron chi connectivity index (χ1n) is 11.8. The van der Waals surface area contributed by atoms with Crippen LogP contribution in [0.25, 0.3) is 0 Å². The molecule has 1 aliphatic heterocycles. The highest BCUT2D eigenvalue weighted by molar-refractivity contribution is 7.86. The summed E-state index contributed by atoms with van der Waals surface area (Å²) >= 11 is 0. The van der Waals surface area contributed by atoms with E-state index >= 15 is 0 Å². The molecule has 0 amide bonds. The number of fused-ring (bicyclic) bond motifs is 2. The Kier molecular flexibility index (Phi) is 6.46. The first kappa shape index (κ1) is 23.3. The number of benzene rings is 4. The van der Waals surface area contributed by atoms with Crippen LogP contribution in [0, 0.1) is 12.8 Å². The summed E-state index contributed by atoms with van der Waals surface area (Å²) < 4.78 is 38.3. The molecular formula is C30H28O4S. The van der Waals surface area contributed by atoms with Crippen LogP contribution in [0.1, 0.15) is 41.0 Å². The quantitative estimate of drug-likeness (QED) is 0.264. The maximum absolute atomic E-state index is 13.1. The van der Waals surface area contributed by atoms with Crippen LogP contribution < -0.4 is 4.74 Å². The largest absolute Gasteiger partial charge is 0.457 e. The summed E-state index contributed by atoms with van der Waals surface area (Å²) in [4.78, 5) is 0.169. The lowest BCUT2D eigenvalue weighted by Crippen LogP contribution is -2.28. The molecule has 0 bridgehead atoms. The van der Waals surface area contributed by atoms with Crippen LogP contribution in [-0.4, -0.2) is 15.0 Å². The van der Waals surface area contributed by atoms with E-state index < -0.39 is 10.1 Å². The average molecular weight is 485 g/mol. The Morgan fingerprint density at radius 3 is 1.91 bits per heavy atom. The van der Waals surface area contributed by atoms with E-state index in [1.807, 2.05) is 61.5 Å². The van der Waals surface area contributed by atoms with Crippen molar-refractivity contribution in [2.24, 2.45) is 5.92 Å². The van der Waals surface area contributed by atoms with Gasteiger partial charge in [0.25, 0.3) is 10.1 Å². The number of ether oxygens (including phenoxy) is 1. The van der Waals surface area contributed by atoms with Gasteiger partial charge in [-0.15, -0.1) is 0 Å². The summed E-state index contributed by atoms with van der Waals surface area (Å²) in [6.45, 7) is 4.11. The van der Waals surface area contributed by atoms with E-state index in [4.69, 9.17) is 8.92 Å². The molecule has 0 radical (unpaired) electrons. The summed E-state index contributed by atoms with van der Waals surface area (Å²) in [6, 6.07) is 32.9. The predicted molar refractivity (Wildman–Crippen MR) is 137 cm³/mol. The third-order valence-electron chi connectivity index (χ3n) is 6.85. The Hall–Kier alpha value is -3.41. The highest BCUT2D eigenvalue weighted by atomic mass is 32.2. The van der Waals surface area contributed by atoms with Crippen LogP contribution in [0.15, 0.2) is 108 Å². The maximum Gasteiger partial charge on any atom is 0.296 e. The van der Waals surface area contributed by atoms with Crippen molar-refractivity contribution in [1.82, 2.24) is 0 Å². The Bertz CT molecular complexity index is 1370. The molecule has 0 saturated heterocycles. The van der Waals surface area contributed by atoms with Gasteiger partial charge >= 0.3 is 0 Å². The van der Waals surface area contributed by atoms with Gasteiger partial charge in [0.1, 0.15) is 11.5 Å². The van der Waals surface area contributed by atoms with Gasteiger partial charge in [0, 0.05) is 23.0 Å². The minimum Gasteiger partial charge on any atom is -0.457 e. The zero-order chi connectivity index (χ0) is 24.4. The fraction of sp³-hybridized carbons (Fsp3) is 0.200. The van der Waals surface area contributed by atoms with Crippen molar-refractivity contribution in [3.05, 3.63) is 125 Å². The molecule has 0 unspecified atom stereocenters. The lowest BCUT2D eigenvalue weighted by Gasteiger charge is -2.36. The van der Waals surface area contributed by atoms with E-state index in [1.54, 1.807) is 24.3 Å². The number of hydrogen-bond donors (Lipinski definition) is 0. The Labute approximate surface area is 207 Å². The van der Waals surface area contributed by atoms with Crippen LogP contribution in [0.3, 0.4) is 0 Å². The average Bonchev–Trinajstić information content (AvgIpc) is 2.88. The fourth-order valence-electron chi connectivity index (χ4n) is 4.88. The van der Waals surface area contributed by atoms with Gasteiger partial charge in [-0.05, 0) is 42.7 Å². The molecule has 1 aliphatic rings. The standard InChI is InChI=1S/C30H28O4S/c1-21-16-18-24(19-17-21)35(31,32)33-20-27(22(2)23-10-4-3-5-11-23)30-25-12-6-8-14-28(25)34-29-15-9-7-13-26(29)30/h3-19,22,27,30H,20H2,1-2H3/t22-,27+/m0/s1. The molecule has 35 heavy (non-hydrogen) atoms. The van der Waals surface area contributed by atoms with Crippen LogP contribution in [0.4, 0.5) is 0 Å². The molecule has 5 rings (SSSR count). The van der Waals surface area contributed by atoms with Gasteiger partial charge in [-0.25, -0.2) is 0 Å². The molecule has 5 heteroatoms. The summed E-state index contributed by atoms with van der Waals surface area (Å²) in [5, 5.41) is 0. The highest BCUT2D eigenvalue weighted by Crippen LogP contribution is 2.50. The lowest BCUT2D eigenvalue weighted by molar-refractivity contribution is 0.214. The van der Waals surface area contributed by atoms with Crippen LogP contribution in [-0.2, 0) is 14.3 Å². The number of para-hydroxylation sites is 2. The molecule has 1 heterocycles. The van der Waals surface area contributed by atoms with E-state index in [9.17, 15) is 8.42 Å². The van der Waals surface area contributed by atoms with Crippen LogP contribution in [0.5, 0.6) is 11.5 Å². The van der Waals surface area contributed by atoms with Gasteiger partial charge < -0.3 is 4.74 Å². The van der Waals surface area contributed by atoms with Gasteiger partial charge in [-0.1, -0.05) is 91.3 Å². The monoisotopic (exact) mass is 484 g/mol. The number of rotatable bonds is 7. The van der Waals surface area contributed by atoms with Gasteiger partial charge in [0.15, 0.2) is 0 Å². The van der Waals surface area contributed by atoms with Gasteiger partial charge in [-0.2, -0.15) is 8.42 Å². The van der Waals surface area contributed by atoms with Crippen molar-refractivity contribution < 1.29 is 17.3 Å². The van der Waals surface area contributed by atoms with E-state index in [0.717, 1.165) is 33.8 Å². The molecule has 4 aromatic rings. The van der Waals surface area contributed by atoms with E-state index in [2.05, 4.69) is 31.2 Å². The minimum atomic E-state index is -3.91. The molecule has 0 fully saturated rings. The van der Waals surface area contributed by atoms with Crippen LogP contribution in [0.2, 0.25) is 0 Å². The van der Waals surface area contributed by atoms with E-state index in [0.29, 0.717) is 0 Å². The van der Waals surface area contributed by atoms with E-state index in [-0.39, 0.29) is 29.3 Å². The predicted octanol–water partition coefficient (Wildman–Crippen LogP) is 7.06. The van der Waals surface area contributed by atoms with Crippen molar-refractivity contribution >= 4 is 10.1 Å². The van der Waals surface area contributed by atoms with Crippen LogP contribution >= 0.6 is 0 Å². The molecule has 0 aliphatic carbocycles. The number of hydrogen-bond acceptors (Lipinski definition) is 4. The molecule has 0 N–H and O–H groups in total. The first-order chi connectivity index (χ1) is 16.9. The van der Waals surface area contributed by atoms with Crippen molar-refractivity contribution in [2.75, 3.05) is 6.61 Å². The molecular weight excluding hydrogens is 456 g/mol. The normalized spacial score (nSPS) is 14.9. The second-order valence-electron chi connectivity index (χ2n) is 9.07. The summed E-state index contributed by atoms with van der Waals surface area (Å²) in [5.41, 5.74) is 4.20. The van der Waals surface area contributed by atoms with Crippen molar-refractivity contribution in [1.29, 1.82) is 0 Å². The summed E-state index contributed by atoms with van der Waals surface area (Å²) in [7, 11) is -3.91. The number of aryl methyl sites for hydroxylation is 1. The Morgan fingerprint density at radius 2 is 1.31 bits per heavy atom. The second kappa shape index (κ2) is 9.68. The third kappa shape index (κ3) is 4.75. The van der Waals surface area contributed by atoms with Crippen molar-refractivity contribution in [3.8, 4) is 11.5 Å². The maximum atomic E-state index is 13.1. The zero-order valence-corrected chi connectivity index (χ0v) is 20.6. The van der Waals surface area contributed by atoms with Crippen molar-refractivity contribution in [3.63, 3.8) is 0 Å².